The first-order valence-corrected chi connectivity index (χ1v) is 7.62. The number of benzene rings is 2. The zero-order valence-electron chi connectivity index (χ0n) is 13.6. The van der Waals surface area contributed by atoms with Crippen molar-refractivity contribution in [3.8, 4) is 11.4 Å². The van der Waals surface area contributed by atoms with Gasteiger partial charge in [-0.3, -0.25) is 9.89 Å². The Bertz CT molecular complexity index is 855. The summed E-state index contributed by atoms with van der Waals surface area (Å²) in [7, 11) is 0. The summed E-state index contributed by atoms with van der Waals surface area (Å²) >= 11 is 0. The first-order valence-electron chi connectivity index (χ1n) is 7.62. The summed E-state index contributed by atoms with van der Waals surface area (Å²) in [5.41, 5.74) is 7.33. The van der Waals surface area contributed by atoms with E-state index in [1.54, 1.807) is 6.92 Å². The van der Waals surface area contributed by atoms with Crippen molar-refractivity contribution < 1.29 is 4.79 Å². The number of nitrogens with one attached hydrogen (secondary N) is 2. The quantitative estimate of drug-likeness (QED) is 0.688. The van der Waals surface area contributed by atoms with E-state index in [4.69, 9.17) is 5.73 Å². The topological polar surface area (TPSA) is 96.7 Å². The van der Waals surface area contributed by atoms with Crippen LogP contribution in [-0.2, 0) is 10.3 Å². The van der Waals surface area contributed by atoms with Gasteiger partial charge in [-0.2, -0.15) is 5.10 Å². The number of aromatic amines is 1. The van der Waals surface area contributed by atoms with Crippen molar-refractivity contribution in [3.63, 3.8) is 0 Å². The number of H-pyrrole nitrogens is 1. The maximum atomic E-state index is 12.6. The first-order chi connectivity index (χ1) is 11.5. The van der Waals surface area contributed by atoms with Crippen molar-refractivity contribution in [2.75, 3.05) is 5.32 Å². The Morgan fingerprint density at radius 2 is 1.92 bits per heavy atom. The van der Waals surface area contributed by atoms with Crippen LogP contribution in [0.2, 0.25) is 0 Å². The lowest BCUT2D eigenvalue weighted by Gasteiger charge is -2.24. The zero-order chi connectivity index (χ0) is 17.2. The molecule has 122 valence electrons. The Morgan fingerprint density at radius 1 is 1.17 bits per heavy atom. The van der Waals surface area contributed by atoms with Gasteiger partial charge in [-0.15, -0.1) is 0 Å². The van der Waals surface area contributed by atoms with Crippen LogP contribution in [0.25, 0.3) is 11.4 Å². The molecule has 4 N–H and O–H groups in total. The second-order valence-corrected chi connectivity index (χ2v) is 5.85. The molecule has 0 aliphatic heterocycles. The maximum absolute atomic E-state index is 12.6. The lowest BCUT2D eigenvalue weighted by molar-refractivity contribution is -0.120. The molecule has 0 aliphatic carbocycles. The fraction of sp³-hybridized carbons (Fsp3) is 0.167. The number of nitrogens with zero attached hydrogens (tertiary/aromatic N) is 2. The monoisotopic (exact) mass is 321 g/mol. The van der Waals surface area contributed by atoms with Crippen molar-refractivity contribution in [2.45, 2.75) is 19.4 Å². The van der Waals surface area contributed by atoms with Gasteiger partial charge in [0.25, 0.3) is 0 Å². The molecule has 0 fully saturated rings. The summed E-state index contributed by atoms with van der Waals surface area (Å²) in [6.45, 7) is 3.53. The van der Waals surface area contributed by atoms with E-state index in [0.29, 0.717) is 11.5 Å². The lowest BCUT2D eigenvalue weighted by Crippen LogP contribution is -2.45. The molecular weight excluding hydrogens is 302 g/mol. The van der Waals surface area contributed by atoms with Crippen molar-refractivity contribution >= 4 is 11.6 Å². The second-order valence-electron chi connectivity index (χ2n) is 5.85. The van der Waals surface area contributed by atoms with Crippen molar-refractivity contribution in [3.05, 3.63) is 66.0 Å². The van der Waals surface area contributed by atoms with Gasteiger partial charge in [-0.05, 0) is 31.5 Å². The van der Waals surface area contributed by atoms with Crippen LogP contribution in [-0.4, -0.2) is 21.1 Å². The van der Waals surface area contributed by atoms with E-state index >= 15 is 0 Å². The number of aromatic nitrogens is 3. The van der Waals surface area contributed by atoms with Gasteiger partial charge in [-0.1, -0.05) is 42.5 Å². The number of hydrogen-bond donors (Lipinski definition) is 3. The van der Waals surface area contributed by atoms with E-state index in [2.05, 4.69) is 20.5 Å². The van der Waals surface area contributed by atoms with Crippen LogP contribution in [0, 0.1) is 6.92 Å². The van der Waals surface area contributed by atoms with Crippen LogP contribution in [0.1, 0.15) is 18.3 Å². The fourth-order valence-corrected chi connectivity index (χ4v) is 2.38. The highest BCUT2D eigenvalue weighted by Gasteiger charge is 2.30. The molecule has 1 unspecified atom stereocenters. The average Bonchev–Trinajstić information content (AvgIpc) is 3.02. The molecule has 1 amide bonds. The molecule has 24 heavy (non-hydrogen) atoms. The highest BCUT2D eigenvalue weighted by Crippen LogP contribution is 2.23. The molecule has 0 aliphatic rings. The Labute approximate surface area is 140 Å². The molecule has 0 spiro atoms. The van der Waals surface area contributed by atoms with Crippen molar-refractivity contribution in [1.82, 2.24) is 15.2 Å². The third-order valence-electron chi connectivity index (χ3n) is 3.82. The van der Waals surface area contributed by atoms with Gasteiger partial charge in [-0.25, -0.2) is 4.98 Å². The summed E-state index contributed by atoms with van der Waals surface area (Å²) in [5, 5.41) is 9.80. The van der Waals surface area contributed by atoms with Gasteiger partial charge in [0.1, 0.15) is 11.4 Å². The lowest BCUT2D eigenvalue weighted by atomic mass is 9.92. The van der Waals surface area contributed by atoms with Gasteiger partial charge in [0, 0.05) is 11.3 Å². The summed E-state index contributed by atoms with van der Waals surface area (Å²) in [6.07, 6.45) is 0. The van der Waals surface area contributed by atoms with Gasteiger partial charge in [0.15, 0.2) is 5.82 Å². The Hall–Kier alpha value is -2.99. The molecule has 3 rings (SSSR count). The summed E-state index contributed by atoms with van der Waals surface area (Å²) in [5.74, 6) is 1.04. The molecule has 0 bridgehead atoms. The Balaban J connectivity index is 1.82. The molecule has 6 heteroatoms. The number of aryl methyl sites for hydroxylation is 1. The van der Waals surface area contributed by atoms with Crippen LogP contribution in [0.15, 0.2) is 54.6 Å². The minimum absolute atomic E-state index is 0.281. The van der Waals surface area contributed by atoms with E-state index in [1.165, 1.54) is 0 Å². The van der Waals surface area contributed by atoms with E-state index in [-0.39, 0.29) is 5.91 Å². The normalized spacial score (nSPS) is 13.3. The minimum atomic E-state index is -1.13. The Kier molecular flexibility index (Phi) is 4.14. The summed E-state index contributed by atoms with van der Waals surface area (Å²) < 4.78 is 0. The number of nitrogens with two attached hydrogens (primary N) is 1. The highest BCUT2D eigenvalue weighted by molar-refractivity contribution is 5.98. The van der Waals surface area contributed by atoms with Crippen LogP contribution in [0.4, 0.5) is 5.69 Å². The number of hydrogen-bond acceptors (Lipinski definition) is 4. The second kappa shape index (κ2) is 6.25. The molecule has 0 saturated heterocycles. The van der Waals surface area contributed by atoms with E-state index in [1.807, 2.05) is 61.5 Å². The third-order valence-corrected chi connectivity index (χ3v) is 3.82. The van der Waals surface area contributed by atoms with Gasteiger partial charge in [0.2, 0.25) is 5.91 Å². The van der Waals surface area contributed by atoms with E-state index < -0.39 is 5.54 Å². The predicted octanol–water partition coefficient (Wildman–Crippen LogP) is 2.59. The highest BCUT2D eigenvalue weighted by atomic mass is 16.2. The number of carbonyl (C=O) groups excluding carboxylic acids is 1. The molecular formula is C18H19N5O. The third kappa shape index (κ3) is 3.18. The fourth-order valence-electron chi connectivity index (χ4n) is 2.38. The zero-order valence-corrected chi connectivity index (χ0v) is 13.6. The van der Waals surface area contributed by atoms with Gasteiger partial charge < -0.3 is 11.1 Å². The minimum Gasteiger partial charge on any atom is -0.324 e. The molecule has 1 heterocycles. The molecule has 1 aromatic heterocycles. The average molecular weight is 321 g/mol. The molecule has 1 atom stereocenters. The van der Waals surface area contributed by atoms with Crippen molar-refractivity contribution in [1.29, 1.82) is 0 Å². The largest absolute Gasteiger partial charge is 0.324 e. The number of rotatable bonds is 4. The summed E-state index contributed by atoms with van der Waals surface area (Å²) in [4.78, 5) is 16.9. The smallest absolute Gasteiger partial charge is 0.248 e. The van der Waals surface area contributed by atoms with Crippen LogP contribution in [0.3, 0.4) is 0 Å². The Morgan fingerprint density at radius 3 is 2.58 bits per heavy atom. The van der Waals surface area contributed by atoms with Crippen LogP contribution in [0.5, 0.6) is 0 Å². The molecule has 6 nitrogen and oxygen atoms in total. The molecule has 0 radical (unpaired) electrons. The number of amides is 1. The predicted molar refractivity (Wildman–Crippen MR) is 93.2 cm³/mol. The molecule has 0 saturated carbocycles. The number of anilines is 1. The number of carbonyl (C=O) groups is 1. The van der Waals surface area contributed by atoms with Gasteiger partial charge in [0.05, 0.1) is 0 Å². The van der Waals surface area contributed by atoms with Crippen molar-refractivity contribution in [2.24, 2.45) is 5.73 Å². The van der Waals surface area contributed by atoms with Crippen LogP contribution < -0.4 is 11.1 Å². The van der Waals surface area contributed by atoms with Gasteiger partial charge >= 0.3 is 0 Å². The first kappa shape index (κ1) is 15.9. The summed E-state index contributed by atoms with van der Waals surface area (Å²) in [6, 6.07) is 16.6. The standard InChI is InChI=1S/C18H19N5O/c1-12-20-16(23-22-12)13-7-6-10-15(11-13)21-17(24)18(2,19)14-8-4-3-5-9-14/h3-11H,19H2,1-2H3,(H,21,24)(H,20,22,23). The SMILES string of the molecule is Cc1nc(-c2cccc(NC(=O)C(C)(N)c3ccccc3)c2)n[nH]1. The molecule has 2 aromatic carbocycles. The maximum Gasteiger partial charge on any atom is 0.248 e. The van der Waals surface area contributed by atoms with E-state index in [9.17, 15) is 4.79 Å². The van der Waals surface area contributed by atoms with Crippen LogP contribution >= 0.6 is 0 Å². The molecule has 3 aromatic rings. The van der Waals surface area contributed by atoms with E-state index in [0.717, 1.165) is 17.0 Å².